The summed E-state index contributed by atoms with van der Waals surface area (Å²) in [6.07, 6.45) is 3.52. The number of hydrogen-bond donors (Lipinski definition) is 0. The quantitative estimate of drug-likeness (QED) is 0.468. The second kappa shape index (κ2) is 6.71. The van der Waals surface area contributed by atoms with Crippen LogP contribution in [-0.4, -0.2) is 8.07 Å². The Balaban J connectivity index is 2.27. The van der Waals surface area contributed by atoms with E-state index < -0.39 is 8.07 Å². The first-order valence-electron chi connectivity index (χ1n) is 7.36. The van der Waals surface area contributed by atoms with E-state index in [1.165, 1.54) is 29.2 Å². The Bertz CT molecular complexity index is 547. The number of hydrogen-bond acceptors (Lipinski definition) is 0. The second-order valence-corrected chi connectivity index (χ2v) is 12.1. The summed E-state index contributed by atoms with van der Waals surface area (Å²) < 4.78 is 0. The van der Waals surface area contributed by atoms with Crippen LogP contribution in [0.4, 0.5) is 0 Å². The molecule has 20 heavy (non-hydrogen) atoms. The largest absolute Gasteiger partial charge is 0.0695 e. The van der Waals surface area contributed by atoms with Gasteiger partial charge >= 0.3 is 0 Å². The van der Waals surface area contributed by atoms with E-state index in [-0.39, 0.29) is 0 Å². The van der Waals surface area contributed by atoms with E-state index in [1.807, 2.05) is 0 Å². The summed E-state index contributed by atoms with van der Waals surface area (Å²) in [7, 11) is -1.01. The summed E-state index contributed by atoms with van der Waals surface area (Å²) in [5.41, 5.74) is 4.11. The maximum atomic E-state index is 2.44. The molecule has 0 bridgehead atoms. The first kappa shape index (κ1) is 14.8. The van der Waals surface area contributed by atoms with E-state index in [0.717, 1.165) is 0 Å². The highest BCUT2D eigenvalue weighted by molar-refractivity contribution is 6.76. The predicted octanol–water partition coefficient (Wildman–Crippen LogP) is 5.96. The van der Waals surface area contributed by atoms with Gasteiger partial charge < -0.3 is 0 Å². The molecule has 0 amide bonds. The van der Waals surface area contributed by atoms with Crippen LogP contribution in [0, 0.1) is 0 Å². The molecule has 2 aromatic rings. The Morgan fingerprint density at radius 3 is 1.95 bits per heavy atom. The van der Waals surface area contributed by atoms with Crippen LogP contribution in [0.25, 0.3) is 11.6 Å². The number of rotatable bonds is 5. The molecule has 0 radical (unpaired) electrons. The smallest absolute Gasteiger partial charge is 0.0445 e. The van der Waals surface area contributed by atoms with E-state index in [4.69, 9.17) is 0 Å². The van der Waals surface area contributed by atoms with Crippen molar-refractivity contribution >= 4 is 19.7 Å². The van der Waals surface area contributed by atoms with Crippen molar-refractivity contribution in [2.45, 2.75) is 32.1 Å². The lowest BCUT2D eigenvalue weighted by Crippen LogP contribution is -2.18. The van der Waals surface area contributed by atoms with Gasteiger partial charge in [0.05, 0.1) is 0 Å². The summed E-state index contributed by atoms with van der Waals surface area (Å²) >= 11 is 0. The average Bonchev–Trinajstić information content (AvgIpc) is 2.44. The van der Waals surface area contributed by atoms with E-state index in [2.05, 4.69) is 86.4 Å². The highest BCUT2D eigenvalue weighted by Crippen LogP contribution is 2.26. The fourth-order valence-electron chi connectivity index (χ4n) is 2.21. The minimum atomic E-state index is -1.01. The normalized spacial score (nSPS) is 12.4. The monoisotopic (exact) mass is 280 g/mol. The van der Waals surface area contributed by atoms with Crippen molar-refractivity contribution in [1.82, 2.24) is 0 Å². The molecule has 1 heteroatoms. The van der Waals surface area contributed by atoms with Crippen molar-refractivity contribution in [3.63, 3.8) is 0 Å². The summed E-state index contributed by atoms with van der Waals surface area (Å²) in [6, 6.07) is 22.8. The maximum Gasteiger partial charge on any atom is 0.0445 e. The molecule has 0 heterocycles. The number of allylic oxidation sites excluding steroid dienone is 1. The van der Waals surface area contributed by atoms with Gasteiger partial charge in [-0.15, -0.1) is 0 Å². The Morgan fingerprint density at radius 2 is 1.40 bits per heavy atom. The van der Waals surface area contributed by atoms with Crippen LogP contribution < -0.4 is 0 Å². The van der Waals surface area contributed by atoms with Crippen LogP contribution in [0.2, 0.25) is 25.7 Å². The minimum absolute atomic E-state index is 1.01. The molecular formula is C19H24Si. The Labute approximate surface area is 124 Å². The lowest BCUT2D eigenvalue weighted by molar-refractivity contribution is 1.18. The molecule has 2 aromatic carbocycles. The second-order valence-electron chi connectivity index (χ2n) is 6.51. The van der Waals surface area contributed by atoms with E-state index >= 15 is 0 Å². The fourth-order valence-corrected chi connectivity index (χ4v) is 3.23. The molecular weight excluding hydrogens is 256 g/mol. The van der Waals surface area contributed by atoms with Crippen LogP contribution in [0.5, 0.6) is 0 Å². The Hall–Kier alpha value is -1.60. The number of benzene rings is 2. The molecule has 0 saturated heterocycles. The summed E-state index contributed by atoms with van der Waals surface area (Å²) in [4.78, 5) is 0. The lowest BCUT2D eigenvalue weighted by atomic mass is 10.0. The minimum Gasteiger partial charge on any atom is -0.0695 e. The third kappa shape index (κ3) is 4.82. The van der Waals surface area contributed by atoms with Crippen molar-refractivity contribution in [1.29, 1.82) is 0 Å². The Morgan fingerprint density at radius 1 is 0.850 bits per heavy atom. The van der Waals surface area contributed by atoms with Crippen molar-refractivity contribution in [3.8, 4) is 0 Å². The molecule has 0 aliphatic heterocycles. The lowest BCUT2D eigenvalue weighted by Gasteiger charge is -2.17. The molecule has 0 aliphatic rings. The zero-order valence-corrected chi connectivity index (χ0v) is 13.8. The molecule has 0 N–H and O–H groups in total. The summed E-state index contributed by atoms with van der Waals surface area (Å²) in [6.45, 7) is 7.33. The van der Waals surface area contributed by atoms with Crippen LogP contribution in [0.15, 0.2) is 60.7 Å². The van der Waals surface area contributed by atoms with Crippen LogP contribution in [0.1, 0.15) is 17.5 Å². The first-order chi connectivity index (χ1) is 9.54. The summed E-state index contributed by atoms with van der Waals surface area (Å²) in [5.74, 6) is 0. The van der Waals surface area contributed by atoms with Crippen molar-refractivity contribution in [2.24, 2.45) is 0 Å². The average molecular weight is 280 g/mol. The van der Waals surface area contributed by atoms with Crippen LogP contribution in [-0.2, 0) is 0 Å². The standard InChI is InChI=1S/C19H24Si/c1-20(2,3)15-14-19(18-12-8-5-9-13-18)16-17-10-6-4-7-11-17/h4-13,16H,14-15H2,1-3H3. The zero-order chi connectivity index (χ0) is 14.4. The van der Waals surface area contributed by atoms with Gasteiger partial charge in [-0.25, -0.2) is 0 Å². The van der Waals surface area contributed by atoms with Gasteiger partial charge in [0.1, 0.15) is 0 Å². The fraction of sp³-hybridized carbons (Fsp3) is 0.263. The van der Waals surface area contributed by atoms with Crippen molar-refractivity contribution in [3.05, 3.63) is 71.8 Å². The molecule has 0 saturated carbocycles. The molecule has 2 rings (SSSR count). The van der Waals surface area contributed by atoms with Crippen molar-refractivity contribution in [2.75, 3.05) is 0 Å². The van der Waals surface area contributed by atoms with Crippen LogP contribution in [0.3, 0.4) is 0 Å². The highest BCUT2D eigenvalue weighted by atomic mass is 28.3. The van der Waals surface area contributed by atoms with Crippen molar-refractivity contribution < 1.29 is 0 Å². The van der Waals surface area contributed by atoms with Crippen LogP contribution >= 0.6 is 0 Å². The molecule has 0 aromatic heterocycles. The highest BCUT2D eigenvalue weighted by Gasteiger charge is 2.14. The van der Waals surface area contributed by atoms with Gasteiger partial charge in [-0.3, -0.25) is 0 Å². The van der Waals surface area contributed by atoms with Gasteiger partial charge in [-0.2, -0.15) is 0 Å². The topological polar surface area (TPSA) is 0 Å². The predicted molar refractivity (Wildman–Crippen MR) is 93.5 cm³/mol. The first-order valence-corrected chi connectivity index (χ1v) is 11.1. The molecule has 104 valence electrons. The van der Waals surface area contributed by atoms with Gasteiger partial charge in [0.25, 0.3) is 0 Å². The molecule has 0 fully saturated rings. The van der Waals surface area contributed by atoms with E-state index in [0.29, 0.717) is 0 Å². The zero-order valence-electron chi connectivity index (χ0n) is 12.8. The molecule has 0 spiro atoms. The van der Waals surface area contributed by atoms with Gasteiger partial charge in [-0.1, -0.05) is 92.4 Å². The maximum absolute atomic E-state index is 2.44. The third-order valence-electron chi connectivity index (χ3n) is 3.43. The van der Waals surface area contributed by atoms with Gasteiger partial charge in [0, 0.05) is 8.07 Å². The third-order valence-corrected chi connectivity index (χ3v) is 5.18. The van der Waals surface area contributed by atoms with E-state index in [9.17, 15) is 0 Å². The molecule has 0 unspecified atom stereocenters. The van der Waals surface area contributed by atoms with E-state index in [1.54, 1.807) is 0 Å². The van der Waals surface area contributed by atoms with Gasteiger partial charge in [0.15, 0.2) is 0 Å². The molecule has 0 aliphatic carbocycles. The SMILES string of the molecule is C[Si](C)(C)CCC(=Cc1ccccc1)c1ccccc1. The van der Waals surface area contributed by atoms with Gasteiger partial charge in [-0.05, 0) is 23.1 Å². The van der Waals surface area contributed by atoms with Gasteiger partial charge in [0.2, 0.25) is 0 Å². The molecule has 0 atom stereocenters. The molecule has 0 nitrogen and oxygen atoms in total. The Kier molecular flexibility index (Phi) is 4.97. The summed E-state index contributed by atoms with van der Waals surface area (Å²) in [5, 5.41) is 0.